The van der Waals surface area contributed by atoms with Crippen molar-refractivity contribution < 1.29 is 5.21 Å². The Bertz CT molecular complexity index is 579. The average molecular weight is 317 g/mol. The number of aromatic nitrogens is 3. The number of hydrogen-bond donors (Lipinski definition) is 1. The van der Waals surface area contributed by atoms with E-state index in [9.17, 15) is 10.0 Å². The zero-order valence-electron chi connectivity index (χ0n) is 7.94. The predicted octanol–water partition coefficient (Wildman–Crippen LogP) is 1.20. The lowest BCUT2D eigenvalue weighted by Crippen LogP contribution is -2.19. The lowest BCUT2D eigenvalue weighted by Gasteiger charge is -2.06. The van der Waals surface area contributed by atoms with Gasteiger partial charge in [0.05, 0.1) is 11.1 Å². The smallest absolute Gasteiger partial charge is 0.285 e. The van der Waals surface area contributed by atoms with E-state index in [4.69, 9.17) is 0 Å². The molecule has 0 atom stereocenters. The lowest BCUT2D eigenvalue weighted by molar-refractivity contribution is 0.186. The number of aryl methyl sites for hydroxylation is 1. The van der Waals surface area contributed by atoms with Crippen LogP contribution in [0.2, 0.25) is 0 Å². The van der Waals surface area contributed by atoms with Gasteiger partial charge in [0.25, 0.3) is 5.56 Å². The van der Waals surface area contributed by atoms with Gasteiger partial charge in [-0.3, -0.25) is 4.79 Å². The second-order valence-corrected chi connectivity index (χ2v) is 4.18. The quantitative estimate of drug-likeness (QED) is 0.634. The molecule has 2 aromatic heterocycles. The van der Waals surface area contributed by atoms with Crippen molar-refractivity contribution in [3.05, 3.63) is 32.0 Å². The number of fused-ring (bicyclic) bond motifs is 1. The maximum absolute atomic E-state index is 11.3. The normalized spacial score (nSPS) is 10.8. The minimum atomic E-state index is -0.479. The molecule has 0 aliphatic heterocycles. The summed E-state index contributed by atoms with van der Waals surface area (Å²) in [4.78, 5) is 19.3. The van der Waals surface area contributed by atoms with Crippen molar-refractivity contribution in [1.82, 2.24) is 14.7 Å². The first-order valence-corrected chi connectivity index (χ1v) is 5.47. The molecule has 2 heterocycles. The van der Waals surface area contributed by atoms with Crippen molar-refractivity contribution in [2.75, 3.05) is 0 Å². The SMILES string of the molecule is CCc1ncnc2c1c(I)cc(=O)n2O. The molecule has 0 aliphatic rings. The first kappa shape index (κ1) is 10.3. The van der Waals surface area contributed by atoms with Crippen LogP contribution in [-0.2, 0) is 6.42 Å². The summed E-state index contributed by atoms with van der Waals surface area (Å²) >= 11 is 2.04. The fourth-order valence-electron chi connectivity index (χ4n) is 1.43. The standard InChI is InChI=1S/C9H8IN3O2/c1-2-6-8-5(10)3-7(14)13(15)9(8)12-4-11-6/h3-4,15H,2H2,1H3. The molecule has 5 nitrogen and oxygen atoms in total. The summed E-state index contributed by atoms with van der Waals surface area (Å²) in [6.07, 6.45) is 2.08. The molecule has 0 bridgehead atoms. The van der Waals surface area contributed by atoms with Gasteiger partial charge < -0.3 is 5.21 Å². The molecule has 0 aliphatic carbocycles. The van der Waals surface area contributed by atoms with Crippen LogP contribution in [0, 0.1) is 3.57 Å². The Morgan fingerprint density at radius 3 is 2.93 bits per heavy atom. The van der Waals surface area contributed by atoms with Crippen LogP contribution < -0.4 is 5.56 Å². The molecule has 2 aromatic rings. The molecule has 2 rings (SSSR count). The Labute approximate surface area is 98.9 Å². The van der Waals surface area contributed by atoms with E-state index in [1.165, 1.54) is 12.4 Å². The van der Waals surface area contributed by atoms with Gasteiger partial charge in [-0.25, -0.2) is 9.97 Å². The van der Waals surface area contributed by atoms with E-state index in [-0.39, 0.29) is 5.65 Å². The summed E-state index contributed by atoms with van der Waals surface area (Å²) in [7, 11) is 0. The number of rotatable bonds is 1. The van der Waals surface area contributed by atoms with Gasteiger partial charge in [0.1, 0.15) is 6.33 Å². The fraction of sp³-hybridized carbons (Fsp3) is 0.222. The van der Waals surface area contributed by atoms with E-state index in [1.54, 1.807) is 0 Å². The average Bonchev–Trinajstić information content (AvgIpc) is 2.25. The van der Waals surface area contributed by atoms with E-state index in [0.29, 0.717) is 4.73 Å². The van der Waals surface area contributed by atoms with E-state index in [2.05, 4.69) is 9.97 Å². The van der Waals surface area contributed by atoms with E-state index in [1.807, 2.05) is 29.5 Å². The first-order valence-electron chi connectivity index (χ1n) is 4.39. The molecule has 0 saturated heterocycles. The summed E-state index contributed by atoms with van der Waals surface area (Å²) in [5.74, 6) is 0. The zero-order chi connectivity index (χ0) is 11.0. The maximum Gasteiger partial charge on any atom is 0.285 e. The number of halogens is 1. The lowest BCUT2D eigenvalue weighted by atomic mass is 10.2. The second kappa shape index (κ2) is 3.76. The predicted molar refractivity (Wildman–Crippen MR) is 63.1 cm³/mol. The highest BCUT2D eigenvalue weighted by Crippen LogP contribution is 2.19. The van der Waals surface area contributed by atoms with Crippen LogP contribution in [0.5, 0.6) is 0 Å². The van der Waals surface area contributed by atoms with Gasteiger partial charge >= 0.3 is 0 Å². The van der Waals surface area contributed by atoms with Crippen LogP contribution in [0.3, 0.4) is 0 Å². The summed E-state index contributed by atoms with van der Waals surface area (Å²) in [6.45, 7) is 1.96. The highest BCUT2D eigenvalue weighted by atomic mass is 127. The van der Waals surface area contributed by atoms with Crippen LogP contribution in [-0.4, -0.2) is 19.9 Å². The minimum Gasteiger partial charge on any atom is -0.423 e. The van der Waals surface area contributed by atoms with Crippen molar-refractivity contribution in [2.24, 2.45) is 0 Å². The topological polar surface area (TPSA) is 68.0 Å². The third-order valence-electron chi connectivity index (χ3n) is 2.14. The number of pyridine rings is 1. The highest BCUT2D eigenvalue weighted by Gasteiger charge is 2.11. The van der Waals surface area contributed by atoms with Gasteiger partial charge in [-0.15, -0.1) is 4.73 Å². The molecule has 0 spiro atoms. The first-order chi connectivity index (χ1) is 7.15. The molecule has 6 heteroatoms. The van der Waals surface area contributed by atoms with Crippen LogP contribution in [0.25, 0.3) is 11.0 Å². The highest BCUT2D eigenvalue weighted by molar-refractivity contribution is 14.1. The molecule has 0 amide bonds. The monoisotopic (exact) mass is 317 g/mol. The van der Waals surface area contributed by atoms with Gasteiger partial charge in [-0.1, -0.05) is 6.92 Å². The Morgan fingerprint density at radius 1 is 1.53 bits per heavy atom. The molecule has 0 fully saturated rings. The Balaban J connectivity index is 3.01. The van der Waals surface area contributed by atoms with Crippen molar-refractivity contribution in [3.8, 4) is 0 Å². The van der Waals surface area contributed by atoms with E-state index in [0.717, 1.165) is 21.1 Å². The van der Waals surface area contributed by atoms with Crippen molar-refractivity contribution in [3.63, 3.8) is 0 Å². The molecule has 0 unspecified atom stereocenters. The number of nitrogens with zero attached hydrogens (tertiary/aromatic N) is 3. The van der Waals surface area contributed by atoms with Gasteiger partial charge in [-0.2, -0.15) is 0 Å². The van der Waals surface area contributed by atoms with Gasteiger partial charge in [-0.05, 0) is 29.0 Å². The molecule has 0 aromatic carbocycles. The van der Waals surface area contributed by atoms with Crippen LogP contribution >= 0.6 is 22.6 Å². The minimum absolute atomic E-state index is 0.263. The van der Waals surface area contributed by atoms with Crippen molar-refractivity contribution >= 4 is 33.6 Å². The Hall–Kier alpha value is -1.18. The summed E-state index contributed by atoms with van der Waals surface area (Å²) < 4.78 is 1.31. The van der Waals surface area contributed by atoms with Crippen LogP contribution in [0.1, 0.15) is 12.6 Å². The van der Waals surface area contributed by atoms with Crippen LogP contribution in [0.15, 0.2) is 17.2 Å². The zero-order valence-corrected chi connectivity index (χ0v) is 10.1. The summed E-state index contributed by atoms with van der Waals surface area (Å²) in [5.41, 5.74) is 0.610. The van der Waals surface area contributed by atoms with Gasteiger partial charge in [0, 0.05) is 9.64 Å². The van der Waals surface area contributed by atoms with Gasteiger partial charge in [0.15, 0.2) is 5.65 Å². The van der Waals surface area contributed by atoms with Gasteiger partial charge in [0.2, 0.25) is 0 Å². The van der Waals surface area contributed by atoms with E-state index >= 15 is 0 Å². The van der Waals surface area contributed by atoms with E-state index < -0.39 is 5.56 Å². The second-order valence-electron chi connectivity index (χ2n) is 3.01. The molecule has 0 saturated carbocycles. The molecule has 1 N–H and O–H groups in total. The largest absolute Gasteiger partial charge is 0.423 e. The maximum atomic E-state index is 11.3. The third-order valence-corrected chi connectivity index (χ3v) is 2.99. The number of hydrogen-bond acceptors (Lipinski definition) is 4. The molecule has 0 radical (unpaired) electrons. The Kier molecular flexibility index (Phi) is 2.59. The molecular formula is C9H8IN3O2. The summed E-state index contributed by atoms with van der Waals surface area (Å²) in [6, 6.07) is 1.37. The van der Waals surface area contributed by atoms with Crippen molar-refractivity contribution in [2.45, 2.75) is 13.3 Å². The Morgan fingerprint density at radius 2 is 2.27 bits per heavy atom. The van der Waals surface area contributed by atoms with Crippen LogP contribution in [0.4, 0.5) is 0 Å². The fourth-order valence-corrected chi connectivity index (χ4v) is 2.25. The van der Waals surface area contributed by atoms with Crippen molar-refractivity contribution in [1.29, 1.82) is 0 Å². The molecular weight excluding hydrogens is 309 g/mol. The molecule has 78 valence electrons. The third kappa shape index (κ3) is 1.58. The molecule has 15 heavy (non-hydrogen) atoms. The summed E-state index contributed by atoms with van der Waals surface area (Å²) in [5, 5.41) is 10.3.